The van der Waals surface area contributed by atoms with E-state index in [4.69, 9.17) is 9.97 Å². The number of hydrogen-bond acceptors (Lipinski definition) is 2. The minimum Gasteiger partial charge on any atom is -0.308 e. The summed E-state index contributed by atoms with van der Waals surface area (Å²) in [4.78, 5) is 10.1. The van der Waals surface area contributed by atoms with Crippen molar-refractivity contribution in [1.82, 2.24) is 14.4 Å². The minimum atomic E-state index is 0.730. The van der Waals surface area contributed by atoms with E-state index in [1.54, 1.807) is 0 Å². The average molecular weight is 472 g/mol. The highest BCUT2D eigenvalue weighted by Crippen LogP contribution is 2.38. The third kappa shape index (κ3) is 2.88. The molecule has 0 aliphatic carbocycles. The summed E-state index contributed by atoms with van der Waals surface area (Å²) in [5, 5.41) is 8.11. The summed E-state index contributed by atoms with van der Waals surface area (Å²) < 4.78 is 2.42. The number of fused-ring (bicyclic) bond motifs is 10. The van der Waals surface area contributed by atoms with Crippen molar-refractivity contribution in [3.05, 3.63) is 128 Å². The van der Waals surface area contributed by atoms with Crippen LogP contribution in [0.15, 0.2) is 128 Å². The first-order valence-corrected chi connectivity index (χ1v) is 12.5. The Morgan fingerprint density at radius 2 is 0.973 bits per heavy atom. The molecule has 0 atom stereocenters. The number of nitrogens with zero attached hydrogens (tertiary/aromatic N) is 3. The Kier molecular flexibility index (Phi) is 4.23. The quantitative estimate of drug-likeness (QED) is 0.240. The molecule has 37 heavy (non-hydrogen) atoms. The fourth-order valence-electron chi connectivity index (χ4n) is 5.82. The molecule has 0 aliphatic rings. The lowest BCUT2D eigenvalue weighted by Crippen LogP contribution is -1.91. The fraction of sp³-hybridized carbons (Fsp3) is 0. The molecule has 0 N–H and O–H groups in total. The third-order valence-corrected chi connectivity index (χ3v) is 7.42. The van der Waals surface area contributed by atoms with Crippen LogP contribution in [0.4, 0.5) is 0 Å². The van der Waals surface area contributed by atoms with Crippen LogP contribution in [0.3, 0.4) is 0 Å². The summed E-state index contributed by atoms with van der Waals surface area (Å²) in [7, 11) is 0. The van der Waals surface area contributed by atoms with Crippen LogP contribution in [-0.2, 0) is 0 Å². The lowest BCUT2D eigenvalue weighted by Gasteiger charge is -2.05. The van der Waals surface area contributed by atoms with E-state index in [1.165, 1.54) is 32.6 Å². The molecule has 0 radical (unpaired) electrons. The van der Waals surface area contributed by atoms with Crippen molar-refractivity contribution in [2.75, 3.05) is 0 Å². The van der Waals surface area contributed by atoms with E-state index in [0.29, 0.717) is 0 Å². The lowest BCUT2D eigenvalue weighted by molar-refractivity contribution is 1.23. The van der Waals surface area contributed by atoms with Crippen molar-refractivity contribution in [2.24, 2.45) is 0 Å². The molecule has 3 heteroatoms. The Morgan fingerprint density at radius 3 is 1.70 bits per heavy atom. The zero-order valence-electron chi connectivity index (χ0n) is 20.0. The monoisotopic (exact) mass is 471 g/mol. The molecule has 0 spiro atoms. The van der Waals surface area contributed by atoms with Crippen molar-refractivity contribution in [2.45, 2.75) is 0 Å². The first-order valence-electron chi connectivity index (χ1n) is 12.5. The van der Waals surface area contributed by atoms with Gasteiger partial charge in [0.25, 0.3) is 0 Å². The molecule has 0 saturated carbocycles. The molecular weight excluding hydrogens is 450 g/mol. The SMILES string of the molecule is c1ccc(-c2ncc3c4ccccc4c4ccccc4n4c5ccccc5c5cccc(c3n2)c54)cc1. The van der Waals surface area contributed by atoms with Gasteiger partial charge in [-0.05, 0) is 22.9 Å². The van der Waals surface area contributed by atoms with Gasteiger partial charge in [0, 0.05) is 38.7 Å². The van der Waals surface area contributed by atoms with Crippen LogP contribution in [-0.4, -0.2) is 14.4 Å². The average Bonchev–Trinajstić information content (AvgIpc) is 3.33. The van der Waals surface area contributed by atoms with Gasteiger partial charge in [-0.2, -0.15) is 0 Å². The van der Waals surface area contributed by atoms with Crippen LogP contribution in [0.1, 0.15) is 0 Å². The van der Waals surface area contributed by atoms with E-state index in [0.717, 1.165) is 38.6 Å². The normalized spacial score (nSPS) is 11.8. The highest BCUT2D eigenvalue weighted by atomic mass is 14.9. The summed E-state index contributed by atoms with van der Waals surface area (Å²) in [6.45, 7) is 0. The van der Waals surface area contributed by atoms with Crippen LogP contribution < -0.4 is 0 Å². The first kappa shape index (κ1) is 20.2. The summed E-state index contributed by atoms with van der Waals surface area (Å²) in [5.74, 6) is 0.730. The Bertz CT molecular complexity index is 2190. The van der Waals surface area contributed by atoms with Crippen LogP contribution in [0.25, 0.3) is 71.2 Å². The molecule has 0 saturated heterocycles. The number of aromatic nitrogens is 3. The summed E-state index contributed by atoms with van der Waals surface area (Å²) >= 11 is 0. The fourth-order valence-corrected chi connectivity index (χ4v) is 5.82. The molecule has 3 heterocycles. The smallest absolute Gasteiger partial charge is 0.159 e. The van der Waals surface area contributed by atoms with Crippen molar-refractivity contribution in [1.29, 1.82) is 0 Å². The van der Waals surface area contributed by atoms with Gasteiger partial charge in [-0.3, -0.25) is 0 Å². The Balaban J connectivity index is 1.77. The zero-order valence-corrected chi connectivity index (χ0v) is 20.0. The number of para-hydroxylation sites is 3. The Morgan fingerprint density at radius 1 is 0.432 bits per heavy atom. The molecule has 172 valence electrons. The van der Waals surface area contributed by atoms with Crippen molar-refractivity contribution in [3.63, 3.8) is 0 Å². The van der Waals surface area contributed by atoms with E-state index in [1.807, 2.05) is 24.4 Å². The number of hydrogen-bond donors (Lipinski definition) is 0. The van der Waals surface area contributed by atoms with Crippen molar-refractivity contribution in [3.8, 4) is 11.4 Å². The van der Waals surface area contributed by atoms with Gasteiger partial charge in [0.2, 0.25) is 0 Å². The van der Waals surface area contributed by atoms with Crippen LogP contribution >= 0.6 is 0 Å². The second-order valence-electron chi connectivity index (χ2n) is 9.44. The molecule has 3 aromatic heterocycles. The third-order valence-electron chi connectivity index (χ3n) is 7.42. The zero-order chi connectivity index (χ0) is 24.3. The standard InChI is InChI=1S/C34H21N3/c1-2-11-22(12-3-1)34-35-21-29-24-14-5-4-13-23(24)25-15-6-8-19-30(25)37-31-20-9-7-16-26(31)27-17-10-18-28(33(27)37)32(29)36-34/h1-21H. The summed E-state index contributed by atoms with van der Waals surface area (Å²) in [6.07, 6.45) is 2.00. The molecule has 3 nitrogen and oxygen atoms in total. The largest absolute Gasteiger partial charge is 0.308 e. The van der Waals surface area contributed by atoms with Gasteiger partial charge in [0.15, 0.2) is 5.82 Å². The Hall–Kier alpha value is -5.02. The van der Waals surface area contributed by atoms with Gasteiger partial charge in [0.05, 0.1) is 22.1 Å². The highest BCUT2D eigenvalue weighted by Gasteiger charge is 2.16. The second-order valence-corrected chi connectivity index (χ2v) is 9.44. The van der Waals surface area contributed by atoms with Crippen molar-refractivity contribution >= 4 is 59.8 Å². The van der Waals surface area contributed by atoms with Crippen LogP contribution in [0.2, 0.25) is 0 Å². The molecule has 0 amide bonds. The van der Waals surface area contributed by atoms with Gasteiger partial charge in [-0.15, -0.1) is 0 Å². The molecule has 0 bridgehead atoms. The number of rotatable bonds is 1. The summed E-state index contributed by atoms with van der Waals surface area (Å²) in [5.41, 5.74) is 5.48. The Labute approximate surface area is 212 Å². The van der Waals surface area contributed by atoms with E-state index in [-0.39, 0.29) is 0 Å². The summed E-state index contributed by atoms with van der Waals surface area (Å²) in [6, 6.07) is 42.8. The van der Waals surface area contributed by atoms with E-state index < -0.39 is 0 Å². The maximum atomic E-state index is 5.26. The maximum Gasteiger partial charge on any atom is 0.159 e. The molecule has 8 rings (SSSR count). The lowest BCUT2D eigenvalue weighted by atomic mass is 10.0. The highest BCUT2D eigenvalue weighted by molar-refractivity contribution is 6.24. The van der Waals surface area contributed by atoms with E-state index >= 15 is 0 Å². The van der Waals surface area contributed by atoms with E-state index in [2.05, 4.69) is 108 Å². The van der Waals surface area contributed by atoms with E-state index in [9.17, 15) is 0 Å². The van der Waals surface area contributed by atoms with Gasteiger partial charge >= 0.3 is 0 Å². The molecule has 5 aromatic carbocycles. The topological polar surface area (TPSA) is 30.2 Å². The number of benzene rings is 5. The van der Waals surface area contributed by atoms with Crippen LogP contribution in [0, 0.1) is 0 Å². The molecule has 0 aliphatic heterocycles. The van der Waals surface area contributed by atoms with Gasteiger partial charge in [-0.25, -0.2) is 9.97 Å². The van der Waals surface area contributed by atoms with Crippen LogP contribution in [0.5, 0.6) is 0 Å². The minimum absolute atomic E-state index is 0.730. The molecular formula is C34H21N3. The van der Waals surface area contributed by atoms with Gasteiger partial charge in [0.1, 0.15) is 0 Å². The molecule has 8 aromatic rings. The predicted molar refractivity (Wildman–Crippen MR) is 155 cm³/mol. The van der Waals surface area contributed by atoms with Gasteiger partial charge in [-0.1, -0.05) is 109 Å². The molecule has 0 fully saturated rings. The first-order chi connectivity index (χ1) is 18.4. The second kappa shape index (κ2) is 7.74. The van der Waals surface area contributed by atoms with Gasteiger partial charge < -0.3 is 4.40 Å². The maximum absolute atomic E-state index is 5.26. The van der Waals surface area contributed by atoms with Crippen molar-refractivity contribution < 1.29 is 0 Å². The molecule has 0 unspecified atom stereocenters. The predicted octanol–water partition coefficient (Wildman–Crippen LogP) is 8.72.